The first-order valence-electron chi connectivity index (χ1n) is 6.37. The molecule has 20 heavy (non-hydrogen) atoms. The van der Waals surface area contributed by atoms with E-state index in [0.29, 0.717) is 11.6 Å². The van der Waals surface area contributed by atoms with Crippen LogP contribution in [0, 0.1) is 12.3 Å². The summed E-state index contributed by atoms with van der Waals surface area (Å²) in [5.41, 5.74) is -0.0643. The van der Waals surface area contributed by atoms with E-state index in [1.165, 1.54) is 11.3 Å². The van der Waals surface area contributed by atoms with Gasteiger partial charge in [-0.2, -0.15) is 0 Å². The maximum absolute atomic E-state index is 11.9. The standard InChI is InChI=1S/C13H21N3O3S/c1-8-7-14-12(20-8)16-11(19)15-9(5-10(17)18)6-13(2,3)4/h7,9H,5-6H2,1-4H3,(H,17,18)(H2,14,15,16,19). The number of carboxylic acid groups (broad SMARTS) is 1. The second-order valence-electron chi connectivity index (χ2n) is 5.93. The van der Waals surface area contributed by atoms with Crippen LogP contribution in [0.5, 0.6) is 0 Å². The van der Waals surface area contributed by atoms with E-state index < -0.39 is 18.0 Å². The first-order chi connectivity index (χ1) is 9.15. The van der Waals surface area contributed by atoms with Gasteiger partial charge in [-0.3, -0.25) is 10.1 Å². The van der Waals surface area contributed by atoms with E-state index in [1.807, 2.05) is 27.7 Å². The first-order valence-corrected chi connectivity index (χ1v) is 7.19. The van der Waals surface area contributed by atoms with Gasteiger partial charge in [0.1, 0.15) is 0 Å². The van der Waals surface area contributed by atoms with Crippen molar-refractivity contribution in [2.45, 2.75) is 46.6 Å². The summed E-state index contributed by atoms with van der Waals surface area (Å²) in [6.45, 7) is 7.91. The van der Waals surface area contributed by atoms with E-state index in [9.17, 15) is 9.59 Å². The summed E-state index contributed by atoms with van der Waals surface area (Å²) >= 11 is 1.37. The van der Waals surface area contributed by atoms with Gasteiger partial charge in [-0.05, 0) is 18.8 Å². The Balaban J connectivity index is 2.59. The molecule has 0 aliphatic heterocycles. The number of carbonyl (C=O) groups is 2. The van der Waals surface area contributed by atoms with Crippen LogP contribution >= 0.6 is 11.3 Å². The molecule has 0 spiro atoms. The van der Waals surface area contributed by atoms with Crippen LogP contribution in [0.2, 0.25) is 0 Å². The molecule has 1 rings (SSSR count). The fraction of sp³-hybridized carbons (Fsp3) is 0.615. The number of hydrogen-bond acceptors (Lipinski definition) is 4. The van der Waals surface area contributed by atoms with Gasteiger partial charge >= 0.3 is 12.0 Å². The number of carbonyl (C=O) groups excluding carboxylic acids is 1. The zero-order valence-electron chi connectivity index (χ0n) is 12.2. The minimum absolute atomic E-state index is 0.0643. The van der Waals surface area contributed by atoms with Crippen LogP contribution in [0.15, 0.2) is 6.20 Å². The topological polar surface area (TPSA) is 91.3 Å². The molecule has 0 saturated heterocycles. The summed E-state index contributed by atoms with van der Waals surface area (Å²) in [6.07, 6.45) is 2.16. The first kappa shape index (κ1) is 16.4. The molecule has 0 aromatic carbocycles. The van der Waals surface area contributed by atoms with E-state index in [0.717, 1.165) is 4.88 Å². The molecular formula is C13H21N3O3S. The van der Waals surface area contributed by atoms with E-state index >= 15 is 0 Å². The Morgan fingerprint density at radius 1 is 1.45 bits per heavy atom. The highest BCUT2D eigenvalue weighted by Crippen LogP contribution is 2.22. The van der Waals surface area contributed by atoms with Gasteiger partial charge in [-0.15, -0.1) is 11.3 Å². The van der Waals surface area contributed by atoms with Crippen molar-refractivity contribution < 1.29 is 14.7 Å². The number of amides is 2. The molecule has 0 radical (unpaired) electrons. The number of aromatic nitrogens is 1. The summed E-state index contributed by atoms with van der Waals surface area (Å²) in [7, 11) is 0. The summed E-state index contributed by atoms with van der Waals surface area (Å²) in [4.78, 5) is 27.7. The van der Waals surface area contributed by atoms with Gasteiger partial charge in [-0.25, -0.2) is 9.78 Å². The van der Waals surface area contributed by atoms with Crippen molar-refractivity contribution in [3.05, 3.63) is 11.1 Å². The lowest BCUT2D eigenvalue weighted by Gasteiger charge is -2.25. The largest absolute Gasteiger partial charge is 0.481 e. The number of rotatable bonds is 5. The van der Waals surface area contributed by atoms with Crippen LogP contribution in [-0.4, -0.2) is 28.1 Å². The molecule has 0 fully saturated rings. The average molecular weight is 299 g/mol. The molecule has 1 heterocycles. The molecule has 1 unspecified atom stereocenters. The van der Waals surface area contributed by atoms with Crippen molar-refractivity contribution in [2.24, 2.45) is 5.41 Å². The van der Waals surface area contributed by atoms with Crippen LogP contribution in [0.25, 0.3) is 0 Å². The van der Waals surface area contributed by atoms with Crippen LogP contribution in [-0.2, 0) is 4.79 Å². The molecule has 6 nitrogen and oxygen atoms in total. The monoisotopic (exact) mass is 299 g/mol. The van der Waals surface area contributed by atoms with E-state index in [-0.39, 0.29) is 11.8 Å². The summed E-state index contributed by atoms with van der Waals surface area (Å²) in [6, 6.07) is -0.830. The Morgan fingerprint density at radius 3 is 2.55 bits per heavy atom. The Bertz CT molecular complexity index is 479. The Morgan fingerprint density at radius 2 is 2.10 bits per heavy atom. The van der Waals surface area contributed by atoms with E-state index in [4.69, 9.17) is 5.11 Å². The Labute approximate surface area is 122 Å². The SMILES string of the molecule is Cc1cnc(NC(=O)NC(CC(=O)O)CC(C)(C)C)s1. The van der Waals surface area contributed by atoms with E-state index in [2.05, 4.69) is 15.6 Å². The van der Waals surface area contributed by atoms with Crippen LogP contribution in [0.1, 0.15) is 38.5 Å². The fourth-order valence-electron chi connectivity index (χ4n) is 1.86. The van der Waals surface area contributed by atoms with Crippen molar-refractivity contribution in [3.63, 3.8) is 0 Å². The van der Waals surface area contributed by atoms with E-state index in [1.54, 1.807) is 6.20 Å². The van der Waals surface area contributed by atoms with Crippen molar-refractivity contribution >= 4 is 28.5 Å². The molecule has 0 aliphatic rings. The molecule has 1 aromatic rings. The van der Waals surface area contributed by atoms with Gasteiger partial charge in [0.2, 0.25) is 0 Å². The third kappa shape index (κ3) is 6.51. The molecule has 2 amide bonds. The smallest absolute Gasteiger partial charge is 0.321 e. The predicted molar refractivity (Wildman–Crippen MR) is 79.1 cm³/mol. The lowest BCUT2D eigenvalue weighted by molar-refractivity contribution is -0.137. The summed E-state index contributed by atoms with van der Waals surface area (Å²) in [5, 5.41) is 14.7. The fourth-order valence-corrected chi connectivity index (χ4v) is 2.51. The maximum Gasteiger partial charge on any atom is 0.321 e. The van der Waals surface area contributed by atoms with Crippen LogP contribution in [0.4, 0.5) is 9.93 Å². The minimum Gasteiger partial charge on any atom is -0.481 e. The number of nitrogens with one attached hydrogen (secondary N) is 2. The molecule has 0 saturated carbocycles. The summed E-state index contributed by atoms with van der Waals surface area (Å²) < 4.78 is 0. The van der Waals surface area contributed by atoms with Crippen LogP contribution in [0.3, 0.4) is 0 Å². The number of hydrogen-bond donors (Lipinski definition) is 3. The van der Waals surface area contributed by atoms with Crippen LogP contribution < -0.4 is 10.6 Å². The molecule has 7 heteroatoms. The predicted octanol–water partition coefficient (Wildman–Crippen LogP) is 2.85. The van der Waals surface area contributed by atoms with Gasteiger partial charge in [-0.1, -0.05) is 20.8 Å². The highest BCUT2D eigenvalue weighted by molar-refractivity contribution is 7.15. The second kappa shape index (κ2) is 6.69. The normalized spacial score (nSPS) is 12.8. The molecule has 3 N–H and O–H groups in total. The van der Waals surface area contributed by atoms with Crippen molar-refractivity contribution in [2.75, 3.05) is 5.32 Å². The summed E-state index contributed by atoms with van der Waals surface area (Å²) in [5.74, 6) is -0.926. The Hall–Kier alpha value is -1.63. The van der Waals surface area contributed by atoms with Crippen molar-refractivity contribution in [3.8, 4) is 0 Å². The third-order valence-electron chi connectivity index (χ3n) is 2.46. The molecular weight excluding hydrogens is 278 g/mol. The number of carboxylic acids is 1. The average Bonchev–Trinajstić information content (AvgIpc) is 2.59. The molecule has 0 aliphatic carbocycles. The zero-order valence-corrected chi connectivity index (χ0v) is 13.0. The number of urea groups is 1. The lowest BCUT2D eigenvalue weighted by Crippen LogP contribution is -2.41. The minimum atomic E-state index is -0.926. The number of nitrogens with zero attached hydrogens (tertiary/aromatic N) is 1. The molecule has 0 bridgehead atoms. The molecule has 1 aromatic heterocycles. The van der Waals surface area contributed by atoms with Crippen molar-refractivity contribution in [1.29, 1.82) is 0 Å². The maximum atomic E-state index is 11.9. The van der Waals surface area contributed by atoms with Gasteiger partial charge in [0.05, 0.1) is 6.42 Å². The van der Waals surface area contributed by atoms with Gasteiger partial charge in [0, 0.05) is 17.1 Å². The lowest BCUT2D eigenvalue weighted by atomic mass is 9.87. The molecule has 1 atom stereocenters. The zero-order chi connectivity index (χ0) is 15.3. The van der Waals surface area contributed by atoms with Gasteiger partial charge in [0.15, 0.2) is 5.13 Å². The highest BCUT2D eigenvalue weighted by Gasteiger charge is 2.23. The number of aliphatic carboxylic acids is 1. The quantitative estimate of drug-likeness (QED) is 0.779. The highest BCUT2D eigenvalue weighted by atomic mass is 32.1. The molecule has 112 valence electrons. The Kier molecular flexibility index (Phi) is 5.50. The number of aryl methyl sites for hydroxylation is 1. The van der Waals surface area contributed by atoms with Gasteiger partial charge < -0.3 is 10.4 Å². The van der Waals surface area contributed by atoms with Gasteiger partial charge in [0.25, 0.3) is 0 Å². The third-order valence-corrected chi connectivity index (χ3v) is 3.28. The van der Waals surface area contributed by atoms with Crippen molar-refractivity contribution in [1.82, 2.24) is 10.3 Å². The number of anilines is 1. The number of thiazole rings is 1. The second-order valence-corrected chi connectivity index (χ2v) is 7.17.